The summed E-state index contributed by atoms with van der Waals surface area (Å²) in [6.45, 7) is 4.36. The van der Waals surface area contributed by atoms with Crippen molar-refractivity contribution in [2.45, 2.75) is 50.6 Å². The van der Waals surface area contributed by atoms with Crippen molar-refractivity contribution in [3.63, 3.8) is 0 Å². The number of thiophene rings is 1. The van der Waals surface area contributed by atoms with Gasteiger partial charge >= 0.3 is 0 Å². The van der Waals surface area contributed by atoms with E-state index in [9.17, 15) is 13.2 Å². The molecule has 0 unspecified atom stereocenters. The van der Waals surface area contributed by atoms with Gasteiger partial charge in [0.05, 0.1) is 11.4 Å². The van der Waals surface area contributed by atoms with E-state index in [0.717, 1.165) is 23.3 Å². The maximum Gasteiger partial charge on any atom is 0.240 e. The minimum atomic E-state index is -3.61. The molecule has 3 rings (SSSR count). The average molecular weight is 393 g/mol. The van der Waals surface area contributed by atoms with E-state index >= 15 is 0 Å². The van der Waals surface area contributed by atoms with Crippen LogP contribution in [-0.2, 0) is 21.4 Å². The molecule has 1 heterocycles. The third-order valence-corrected chi connectivity index (χ3v) is 6.94. The molecule has 1 aliphatic rings. The zero-order valence-electron chi connectivity index (χ0n) is 15.1. The molecule has 0 aliphatic heterocycles. The summed E-state index contributed by atoms with van der Waals surface area (Å²) in [4.78, 5) is 15.9. The van der Waals surface area contributed by atoms with E-state index in [-0.39, 0.29) is 23.8 Å². The van der Waals surface area contributed by atoms with Crippen LogP contribution in [0.5, 0.6) is 0 Å². The van der Waals surface area contributed by atoms with Crippen LogP contribution >= 0.6 is 11.3 Å². The summed E-state index contributed by atoms with van der Waals surface area (Å²) in [5.41, 5.74) is 1.59. The summed E-state index contributed by atoms with van der Waals surface area (Å²) in [7, 11) is -3.61. The molecular formula is C19H24N2O3S2. The van der Waals surface area contributed by atoms with Crippen molar-refractivity contribution in [1.82, 2.24) is 9.62 Å². The summed E-state index contributed by atoms with van der Waals surface area (Å²) in [5.74, 6) is 0.00423. The molecule has 1 saturated carbocycles. The molecule has 7 heteroatoms. The Morgan fingerprint density at radius 3 is 2.69 bits per heavy atom. The lowest BCUT2D eigenvalue weighted by atomic mass is 10.2. The molecule has 0 bridgehead atoms. The number of aryl methyl sites for hydroxylation is 2. The molecule has 2 aromatic rings. The topological polar surface area (TPSA) is 66.5 Å². The van der Waals surface area contributed by atoms with Crippen LogP contribution in [0.1, 0.15) is 35.3 Å². The number of carbonyl (C=O) groups is 1. The van der Waals surface area contributed by atoms with E-state index < -0.39 is 10.0 Å². The van der Waals surface area contributed by atoms with Gasteiger partial charge in [0, 0.05) is 23.9 Å². The second-order valence-corrected chi connectivity index (χ2v) is 9.52. The number of amides is 1. The first-order chi connectivity index (χ1) is 12.4. The van der Waals surface area contributed by atoms with Gasteiger partial charge in [-0.3, -0.25) is 4.79 Å². The minimum Gasteiger partial charge on any atom is -0.335 e. The Labute approximate surface area is 159 Å². The van der Waals surface area contributed by atoms with Crippen molar-refractivity contribution in [2.24, 2.45) is 0 Å². The number of hydrogen-bond acceptors (Lipinski definition) is 4. The van der Waals surface area contributed by atoms with Gasteiger partial charge in [0.25, 0.3) is 0 Å². The maximum atomic E-state index is 12.6. The largest absolute Gasteiger partial charge is 0.335 e. The fourth-order valence-electron chi connectivity index (χ4n) is 2.89. The van der Waals surface area contributed by atoms with Crippen LogP contribution in [0.2, 0.25) is 0 Å². The molecule has 0 saturated heterocycles. The Morgan fingerprint density at radius 1 is 1.27 bits per heavy atom. The van der Waals surface area contributed by atoms with Crippen molar-refractivity contribution < 1.29 is 13.2 Å². The Kier molecular flexibility index (Phi) is 5.79. The Hall–Kier alpha value is -1.70. The zero-order valence-corrected chi connectivity index (χ0v) is 16.7. The van der Waals surface area contributed by atoms with Crippen LogP contribution in [0.4, 0.5) is 0 Å². The van der Waals surface area contributed by atoms with Crippen molar-refractivity contribution in [2.75, 3.05) is 6.54 Å². The highest BCUT2D eigenvalue weighted by Gasteiger charge is 2.32. The second kappa shape index (κ2) is 7.90. The number of nitrogens with zero attached hydrogens (tertiary/aromatic N) is 1. The zero-order chi connectivity index (χ0) is 18.7. The maximum absolute atomic E-state index is 12.6. The van der Waals surface area contributed by atoms with E-state index in [1.807, 2.05) is 35.4 Å². The molecule has 5 nitrogen and oxygen atoms in total. The minimum absolute atomic E-state index is 0.00423. The van der Waals surface area contributed by atoms with E-state index in [1.54, 1.807) is 30.4 Å². The first kappa shape index (κ1) is 19.1. The van der Waals surface area contributed by atoms with Crippen LogP contribution in [0.25, 0.3) is 0 Å². The summed E-state index contributed by atoms with van der Waals surface area (Å²) in [6, 6.07) is 9.65. The predicted octanol–water partition coefficient (Wildman–Crippen LogP) is 3.22. The average Bonchev–Trinajstić information content (AvgIpc) is 3.30. The van der Waals surface area contributed by atoms with Crippen LogP contribution < -0.4 is 4.72 Å². The van der Waals surface area contributed by atoms with Gasteiger partial charge in [-0.15, -0.1) is 11.3 Å². The molecule has 1 aliphatic carbocycles. The molecule has 1 fully saturated rings. The Morgan fingerprint density at radius 2 is 2.04 bits per heavy atom. The molecule has 1 aromatic carbocycles. The number of rotatable bonds is 8. The van der Waals surface area contributed by atoms with Gasteiger partial charge in [0.15, 0.2) is 0 Å². The molecule has 1 amide bonds. The first-order valence-electron chi connectivity index (χ1n) is 8.75. The van der Waals surface area contributed by atoms with Crippen molar-refractivity contribution in [3.8, 4) is 0 Å². The smallest absolute Gasteiger partial charge is 0.240 e. The van der Waals surface area contributed by atoms with Crippen LogP contribution in [0, 0.1) is 13.8 Å². The quantitative estimate of drug-likeness (QED) is 0.750. The van der Waals surface area contributed by atoms with Crippen LogP contribution in [0.15, 0.2) is 40.6 Å². The summed E-state index contributed by atoms with van der Waals surface area (Å²) in [6.07, 6.45) is 2.24. The molecule has 1 aromatic heterocycles. The number of hydrogen-bond donors (Lipinski definition) is 1. The highest BCUT2D eigenvalue weighted by Crippen LogP contribution is 2.29. The van der Waals surface area contributed by atoms with E-state index in [4.69, 9.17) is 0 Å². The van der Waals surface area contributed by atoms with Crippen LogP contribution in [-0.4, -0.2) is 31.8 Å². The summed E-state index contributed by atoms with van der Waals surface area (Å²) < 4.78 is 27.6. The van der Waals surface area contributed by atoms with Gasteiger partial charge in [-0.1, -0.05) is 18.2 Å². The van der Waals surface area contributed by atoms with Gasteiger partial charge in [-0.2, -0.15) is 0 Å². The van der Waals surface area contributed by atoms with E-state index in [1.165, 1.54) is 0 Å². The number of carbonyl (C=O) groups excluding carboxylic acids is 1. The van der Waals surface area contributed by atoms with Gasteiger partial charge < -0.3 is 4.90 Å². The monoisotopic (exact) mass is 392 g/mol. The number of sulfonamides is 1. The third-order valence-electron chi connectivity index (χ3n) is 4.48. The Balaban J connectivity index is 1.59. The van der Waals surface area contributed by atoms with Gasteiger partial charge in [-0.05, 0) is 55.3 Å². The predicted molar refractivity (Wildman–Crippen MR) is 104 cm³/mol. The second-order valence-electron chi connectivity index (χ2n) is 6.75. The Bertz CT molecular complexity index is 872. The van der Waals surface area contributed by atoms with Gasteiger partial charge in [0.1, 0.15) is 0 Å². The summed E-state index contributed by atoms with van der Waals surface area (Å²) >= 11 is 1.64. The highest BCUT2D eigenvalue weighted by molar-refractivity contribution is 7.89. The van der Waals surface area contributed by atoms with Crippen molar-refractivity contribution >= 4 is 27.3 Å². The number of nitrogens with one attached hydrogen (secondary N) is 1. The lowest BCUT2D eigenvalue weighted by Crippen LogP contribution is -2.35. The normalized spacial score (nSPS) is 14.4. The van der Waals surface area contributed by atoms with E-state index in [2.05, 4.69) is 4.72 Å². The fourth-order valence-corrected chi connectivity index (χ4v) is 4.95. The lowest BCUT2D eigenvalue weighted by Gasteiger charge is -2.22. The van der Waals surface area contributed by atoms with Crippen molar-refractivity contribution in [1.29, 1.82) is 0 Å². The SMILES string of the molecule is Cc1ccc(C)c(S(=O)(=O)NCCC(=O)N(Cc2cccs2)C2CC2)c1. The third kappa shape index (κ3) is 4.72. The first-order valence-corrected chi connectivity index (χ1v) is 11.1. The van der Waals surface area contributed by atoms with Crippen LogP contribution in [0.3, 0.4) is 0 Å². The van der Waals surface area contributed by atoms with Gasteiger partial charge in [-0.25, -0.2) is 13.1 Å². The lowest BCUT2D eigenvalue weighted by molar-refractivity contribution is -0.132. The molecule has 26 heavy (non-hydrogen) atoms. The standard InChI is InChI=1S/C19H24N2O3S2/c1-14-5-6-15(2)18(12-14)26(23,24)20-10-9-19(22)21(16-7-8-16)13-17-4-3-11-25-17/h3-6,11-12,16,20H,7-10,13H2,1-2H3. The van der Waals surface area contributed by atoms with Crippen molar-refractivity contribution in [3.05, 3.63) is 51.7 Å². The molecule has 0 spiro atoms. The molecule has 0 atom stereocenters. The highest BCUT2D eigenvalue weighted by atomic mass is 32.2. The molecule has 140 valence electrons. The number of benzene rings is 1. The van der Waals surface area contributed by atoms with E-state index in [0.29, 0.717) is 18.2 Å². The molecule has 1 N–H and O–H groups in total. The van der Waals surface area contributed by atoms with Gasteiger partial charge in [0.2, 0.25) is 15.9 Å². The fraction of sp³-hybridized carbons (Fsp3) is 0.421. The molecule has 0 radical (unpaired) electrons. The molecular weight excluding hydrogens is 368 g/mol. The summed E-state index contributed by atoms with van der Waals surface area (Å²) in [5, 5.41) is 2.00.